The average molecular weight is 451 g/mol. The molecule has 0 saturated carbocycles. The Balaban J connectivity index is 0.00000216. The summed E-state index contributed by atoms with van der Waals surface area (Å²) >= 11 is 0. The molecule has 5 nitrogen and oxygen atoms in total. The van der Waals surface area contributed by atoms with Gasteiger partial charge in [0.25, 0.3) is 0 Å². The maximum absolute atomic E-state index is 6.16. The molecular formula is C26H27ClN2O3. The molecule has 3 aromatic rings. The molecule has 0 aromatic heterocycles. The number of fused-ring (bicyclic) bond motifs is 3. The lowest BCUT2D eigenvalue weighted by Crippen LogP contribution is -2.35. The number of nitrogens with zero attached hydrogens (tertiary/aromatic N) is 2. The van der Waals surface area contributed by atoms with E-state index in [1.807, 2.05) is 6.07 Å². The van der Waals surface area contributed by atoms with E-state index >= 15 is 0 Å². The van der Waals surface area contributed by atoms with Crippen molar-refractivity contribution in [3.8, 4) is 17.2 Å². The van der Waals surface area contributed by atoms with Crippen LogP contribution < -0.4 is 19.1 Å². The van der Waals surface area contributed by atoms with Crippen molar-refractivity contribution in [2.75, 3.05) is 31.3 Å². The van der Waals surface area contributed by atoms with E-state index in [0.29, 0.717) is 19.4 Å². The van der Waals surface area contributed by atoms with Crippen LogP contribution in [0.15, 0.2) is 66.7 Å². The normalized spacial score (nSPS) is 18.9. The van der Waals surface area contributed by atoms with Crippen LogP contribution in [0.3, 0.4) is 0 Å². The Morgan fingerprint density at radius 2 is 1.62 bits per heavy atom. The Kier molecular flexibility index (Phi) is 5.85. The zero-order valence-corrected chi connectivity index (χ0v) is 18.7. The van der Waals surface area contributed by atoms with Gasteiger partial charge in [-0.1, -0.05) is 36.4 Å². The third-order valence-electron chi connectivity index (χ3n) is 6.53. The Bertz CT molecular complexity index is 1060. The highest BCUT2D eigenvalue weighted by Gasteiger charge is 2.32. The molecule has 0 spiro atoms. The summed E-state index contributed by atoms with van der Waals surface area (Å²) in [5, 5.41) is 0. The van der Waals surface area contributed by atoms with Gasteiger partial charge in [-0.15, -0.1) is 12.4 Å². The summed E-state index contributed by atoms with van der Waals surface area (Å²) in [5.41, 5.74) is 4.99. The van der Waals surface area contributed by atoms with E-state index in [4.69, 9.17) is 14.2 Å². The molecule has 6 rings (SSSR count). The molecule has 3 aliphatic heterocycles. The number of rotatable bonds is 4. The summed E-state index contributed by atoms with van der Waals surface area (Å²) in [6.45, 7) is 4.15. The Morgan fingerprint density at radius 1 is 0.812 bits per heavy atom. The van der Waals surface area contributed by atoms with E-state index in [1.54, 1.807) is 0 Å². The van der Waals surface area contributed by atoms with E-state index in [9.17, 15) is 0 Å². The van der Waals surface area contributed by atoms with Gasteiger partial charge in [0.2, 0.25) is 6.79 Å². The Hall–Kier alpha value is -2.89. The van der Waals surface area contributed by atoms with Crippen molar-refractivity contribution in [3.05, 3.63) is 77.9 Å². The standard InChI is InChI=1S/C26H26N2O3.ClH/c1-2-6-22-20(5-1)17-29-24-8-4-3-7-23(24)28(22)21-12-14-27(16-21)13-11-19-9-10-25-26(15-19)31-18-30-25;/h1-10,15,21H,11-14,16-18H2;1H/t21-;/m1./s1. The summed E-state index contributed by atoms with van der Waals surface area (Å²) < 4.78 is 17.1. The van der Waals surface area contributed by atoms with Crippen LogP contribution in [0, 0.1) is 0 Å². The largest absolute Gasteiger partial charge is 0.487 e. The van der Waals surface area contributed by atoms with Crippen molar-refractivity contribution in [2.45, 2.75) is 25.5 Å². The molecule has 6 heteroatoms. The molecule has 0 N–H and O–H groups in total. The second kappa shape index (κ2) is 8.93. The molecule has 0 aliphatic carbocycles. The molecule has 0 bridgehead atoms. The van der Waals surface area contributed by atoms with E-state index < -0.39 is 0 Å². The zero-order chi connectivity index (χ0) is 20.6. The van der Waals surface area contributed by atoms with Crippen molar-refractivity contribution in [2.24, 2.45) is 0 Å². The third kappa shape index (κ3) is 3.87. The summed E-state index contributed by atoms with van der Waals surface area (Å²) in [6, 6.07) is 23.8. The van der Waals surface area contributed by atoms with Gasteiger partial charge in [-0.25, -0.2) is 0 Å². The summed E-state index contributed by atoms with van der Waals surface area (Å²) in [4.78, 5) is 5.09. The van der Waals surface area contributed by atoms with Crippen LogP contribution in [0.4, 0.5) is 11.4 Å². The Morgan fingerprint density at radius 3 is 2.56 bits per heavy atom. The first-order valence-electron chi connectivity index (χ1n) is 11.0. The monoisotopic (exact) mass is 450 g/mol. The van der Waals surface area contributed by atoms with Crippen LogP contribution in [-0.4, -0.2) is 37.4 Å². The van der Waals surface area contributed by atoms with E-state index in [0.717, 1.165) is 49.7 Å². The fourth-order valence-corrected chi connectivity index (χ4v) is 4.93. The van der Waals surface area contributed by atoms with Gasteiger partial charge in [-0.2, -0.15) is 0 Å². The van der Waals surface area contributed by atoms with Crippen LogP contribution in [-0.2, 0) is 13.0 Å². The number of para-hydroxylation sites is 3. The maximum Gasteiger partial charge on any atom is 0.231 e. The van der Waals surface area contributed by atoms with E-state index in [-0.39, 0.29) is 12.4 Å². The zero-order valence-electron chi connectivity index (χ0n) is 17.9. The van der Waals surface area contributed by atoms with Crippen LogP contribution in [0.2, 0.25) is 0 Å². The minimum absolute atomic E-state index is 0. The van der Waals surface area contributed by atoms with E-state index in [2.05, 4.69) is 70.5 Å². The van der Waals surface area contributed by atoms with Crippen LogP contribution in [0.5, 0.6) is 17.2 Å². The second-order valence-corrected chi connectivity index (χ2v) is 8.44. The quantitative estimate of drug-likeness (QED) is 0.546. The SMILES string of the molecule is Cl.c1ccc2c(c1)COc1ccccc1N2[C@@H]1CCN(CCc2ccc3c(c2)OCO3)C1. The third-order valence-corrected chi connectivity index (χ3v) is 6.53. The maximum atomic E-state index is 6.16. The number of ether oxygens (including phenoxy) is 3. The van der Waals surface area contributed by atoms with Gasteiger partial charge in [0, 0.05) is 36.9 Å². The lowest BCUT2D eigenvalue weighted by atomic mass is 10.1. The molecule has 1 atom stereocenters. The molecule has 32 heavy (non-hydrogen) atoms. The molecule has 3 aromatic carbocycles. The van der Waals surface area contributed by atoms with Crippen LogP contribution in [0.25, 0.3) is 0 Å². The number of likely N-dealkylation sites (tertiary alicyclic amines) is 1. The van der Waals surface area contributed by atoms with Gasteiger partial charge >= 0.3 is 0 Å². The minimum Gasteiger partial charge on any atom is -0.487 e. The number of halogens is 1. The fraction of sp³-hybridized carbons (Fsp3) is 0.308. The number of hydrogen-bond donors (Lipinski definition) is 0. The van der Waals surface area contributed by atoms with Gasteiger partial charge in [0.15, 0.2) is 11.5 Å². The van der Waals surface area contributed by atoms with Crippen LogP contribution in [0.1, 0.15) is 17.5 Å². The minimum atomic E-state index is 0. The summed E-state index contributed by atoms with van der Waals surface area (Å²) in [6.07, 6.45) is 2.16. The molecule has 0 unspecified atom stereocenters. The number of anilines is 2. The van der Waals surface area contributed by atoms with Crippen LogP contribution >= 0.6 is 12.4 Å². The highest BCUT2D eigenvalue weighted by atomic mass is 35.5. The highest BCUT2D eigenvalue weighted by molar-refractivity contribution is 5.85. The first-order chi connectivity index (χ1) is 15.3. The van der Waals surface area contributed by atoms with Gasteiger partial charge in [0.05, 0.1) is 5.69 Å². The van der Waals surface area contributed by atoms with Crippen molar-refractivity contribution in [1.82, 2.24) is 4.90 Å². The fourth-order valence-electron chi connectivity index (χ4n) is 4.93. The summed E-state index contributed by atoms with van der Waals surface area (Å²) in [7, 11) is 0. The first-order valence-corrected chi connectivity index (χ1v) is 11.0. The number of hydrogen-bond acceptors (Lipinski definition) is 5. The Labute approximate surface area is 194 Å². The lowest BCUT2D eigenvalue weighted by Gasteiger charge is -2.32. The van der Waals surface area contributed by atoms with Gasteiger partial charge in [0.1, 0.15) is 12.4 Å². The van der Waals surface area contributed by atoms with Crippen molar-refractivity contribution in [1.29, 1.82) is 0 Å². The summed E-state index contributed by atoms with van der Waals surface area (Å²) in [5.74, 6) is 2.69. The lowest BCUT2D eigenvalue weighted by molar-refractivity contribution is 0.174. The van der Waals surface area contributed by atoms with Crippen molar-refractivity contribution < 1.29 is 14.2 Å². The molecule has 3 aliphatic rings. The van der Waals surface area contributed by atoms with E-state index in [1.165, 1.54) is 22.5 Å². The first kappa shape index (κ1) is 21.0. The van der Waals surface area contributed by atoms with Gasteiger partial charge < -0.3 is 24.0 Å². The van der Waals surface area contributed by atoms with Gasteiger partial charge in [-0.05, 0) is 48.7 Å². The molecule has 0 amide bonds. The molecular weight excluding hydrogens is 424 g/mol. The van der Waals surface area contributed by atoms with Crippen molar-refractivity contribution in [3.63, 3.8) is 0 Å². The second-order valence-electron chi connectivity index (χ2n) is 8.44. The van der Waals surface area contributed by atoms with Gasteiger partial charge in [-0.3, -0.25) is 0 Å². The molecule has 1 saturated heterocycles. The predicted molar refractivity (Wildman–Crippen MR) is 128 cm³/mol. The topological polar surface area (TPSA) is 34.2 Å². The average Bonchev–Trinajstić information content (AvgIpc) is 3.44. The molecule has 0 radical (unpaired) electrons. The number of benzene rings is 3. The molecule has 166 valence electrons. The van der Waals surface area contributed by atoms with Crippen molar-refractivity contribution >= 4 is 23.8 Å². The highest BCUT2D eigenvalue weighted by Crippen LogP contribution is 2.42. The molecule has 1 fully saturated rings. The predicted octanol–water partition coefficient (Wildman–Crippen LogP) is 5.18. The molecule has 3 heterocycles. The smallest absolute Gasteiger partial charge is 0.231 e.